The molecule has 1 atom stereocenters. The number of benzene rings is 1. The number of carboxylic acid groups (broad SMARTS) is 1. The van der Waals surface area contributed by atoms with Gasteiger partial charge in [-0.1, -0.05) is 12.1 Å². The number of piperazine rings is 1. The van der Waals surface area contributed by atoms with E-state index in [1.165, 1.54) is 24.0 Å². The molecular weight excluding hydrogens is 313 g/mol. The lowest BCUT2D eigenvalue weighted by Gasteiger charge is -2.36. The third-order valence-electron chi connectivity index (χ3n) is 3.91. The van der Waals surface area contributed by atoms with E-state index in [0.717, 1.165) is 12.1 Å². The van der Waals surface area contributed by atoms with Gasteiger partial charge in [0.25, 0.3) is 0 Å². The lowest BCUT2D eigenvalue weighted by Crippen LogP contribution is -2.54. The van der Waals surface area contributed by atoms with Gasteiger partial charge in [-0.15, -0.1) is 0 Å². The molecule has 1 aromatic carbocycles. The molecule has 0 radical (unpaired) electrons. The number of alkyl halides is 3. The second-order valence-electron chi connectivity index (χ2n) is 5.49. The van der Waals surface area contributed by atoms with Gasteiger partial charge in [-0.3, -0.25) is 14.5 Å². The molecule has 1 unspecified atom stereocenters. The maximum absolute atomic E-state index is 12.5. The molecule has 1 aromatic rings. The van der Waals surface area contributed by atoms with Gasteiger partial charge >= 0.3 is 12.1 Å². The molecule has 1 saturated heterocycles. The molecule has 1 fully saturated rings. The SMILES string of the molecule is CC(C(=O)O)N1CCN(Cc2ccc(C(F)(F)F)cc2)C(=O)C1. The van der Waals surface area contributed by atoms with Crippen LogP contribution in [0.4, 0.5) is 13.2 Å². The second-order valence-corrected chi connectivity index (χ2v) is 5.49. The fourth-order valence-electron chi connectivity index (χ4n) is 2.40. The van der Waals surface area contributed by atoms with Crippen molar-refractivity contribution in [3.8, 4) is 0 Å². The van der Waals surface area contributed by atoms with Crippen molar-refractivity contribution in [3.63, 3.8) is 0 Å². The number of nitrogens with zero attached hydrogens (tertiary/aromatic N) is 2. The van der Waals surface area contributed by atoms with Gasteiger partial charge in [0.1, 0.15) is 6.04 Å². The molecule has 1 heterocycles. The molecule has 1 aliphatic heterocycles. The smallest absolute Gasteiger partial charge is 0.416 e. The van der Waals surface area contributed by atoms with E-state index in [1.54, 1.807) is 4.90 Å². The number of amides is 1. The largest absolute Gasteiger partial charge is 0.480 e. The summed E-state index contributed by atoms with van der Waals surface area (Å²) in [4.78, 5) is 26.1. The van der Waals surface area contributed by atoms with Crippen LogP contribution in [0.15, 0.2) is 24.3 Å². The third kappa shape index (κ3) is 4.22. The molecule has 5 nitrogen and oxygen atoms in total. The van der Waals surface area contributed by atoms with Crippen molar-refractivity contribution < 1.29 is 27.9 Å². The van der Waals surface area contributed by atoms with Crippen molar-refractivity contribution in [1.82, 2.24) is 9.80 Å². The van der Waals surface area contributed by atoms with Crippen molar-refractivity contribution in [2.24, 2.45) is 0 Å². The van der Waals surface area contributed by atoms with Crippen molar-refractivity contribution in [3.05, 3.63) is 35.4 Å². The summed E-state index contributed by atoms with van der Waals surface area (Å²) >= 11 is 0. The van der Waals surface area contributed by atoms with Crippen LogP contribution in [-0.2, 0) is 22.3 Å². The molecular formula is C15H17F3N2O3. The number of halogens is 3. The fraction of sp³-hybridized carbons (Fsp3) is 0.467. The molecule has 0 bridgehead atoms. The molecule has 8 heteroatoms. The normalized spacial score (nSPS) is 18.1. The first-order chi connectivity index (χ1) is 10.7. The zero-order valence-electron chi connectivity index (χ0n) is 12.5. The quantitative estimate of drug-likeness (QED) is 0.915. The van der Waals surface area contributed by atoms with Gasteiger partial charge in [0, 0.05) is 19.6 Å². The van der Waals surface area contributed by atoms with E-state index in [-0.39, 0.29) is 19.0 Å². The average molecular weight is 330 g/mol. The number of hydrogen-bond donors (Lipinski definition) is 1. The topological polar surface area (TPSA) is 60.9 Å². The van der Waals surface area contributed by atoms with Gasteiger partial charge < -0.3 is 10.0 Å². The van der Waals surface area contributed by atoms with Crippen LogP contribution in [0.3, 0.4) is 0 Å². The molecule has 1 N–H and O–H groups in total. The Morgan fingerprint density at radius 2 is 1.87 bits per heavy atom. The van der Waals surface area contributed by atoms with Gasteiger partial charge in [-0.05, 0) is 24.6 Å². The minimum absolute atomic E-state index is 0.00585. The minimum Gasteiger partial charge on any atom is -0.480 e. The van der Waals surface area contributed by atoms with Crippen LogP contribution >= 0.6 is 0 Å². The first-order valence-electron chi connectivity index (χ1n) is 7.09. The van der Waals surface area contributed by atoms with Crippen LogP contribution in [0, 0.1) is 0 Å². The predicted octanol–water partition coefficient (Wildman–Crippen LogP) is 1.82. The van der Waals surface area contributed by atoms with Gasteiger partial charge in [0.2, 0.25) is 5.91 Å². The van der Waals surface area contributed by atoms with Crippen LogP contribution < -0.4 is 0 Å². The first-order valence-corrected chi connectivity index (χ1v) is 7.09. The number of rotatable bonds is 4. The number of carboxylic acids is 1. The van der Waals surface area contributed by atoms with Crippen molar-refractivity contribution in [2.75, 3.05) is 19.6 Å². The monoisotopic (exact) mass is 330 g/mol. The number of hydrogen-bond acceptors (Lipinski definition) is 3. The van der Waals surface area contributed by atoms with Gasteiger partial charge in [-0.2, -0.15) is 13.2 Å². The maximum atomic E-state index is 12.5. The molecule has 23 heavy (non-hydrogen) atoms. The van der Waals surface area contributed by atoms with Gasteiger partial charge in [0.05, 0.1) is 12.1 Å². The summed E-state index contributed by atoms with van der Waals surface area (Å²) in [6, 6.07) is 3.93. The van der Waals surface area contributed by atoms with E-state index in [0.29, 0.717) is 18.7 Å². The Hall–Kier alpha value is -2.09. The van der Waals surface area contributed by atoms with Crippen LogP contribution in [0.2, 0.25) is 0 Å². The van der Waals surface area contributed by atoms with Crippen molar-refractivity contribution in [1.29, 1.82) is 0 Å². The van der Waals surface area contributed by atoms with E-state index in [2.05, 4.69) is 0 Å². The Balaban J connectivity index is 1.97. The van der Waals surface area contributed by atoms with Crippen molar-refractivity contribution in [2.45, 2.75) is 25.7 Å². The average Bonchev–Trinajstić information content (AvgIpc) is 2.48. The lowest BCUT2D eigenvalue weighted by atomic mass is 10.1. The predicted molar refractivity (Wildman–Crippen MR) is 75.5 cm³/mol. The highest BCUT2D eigenvalue weighted by atomic mass is 19.4. The Morgan fingerprint density at radius 1 is 1.26 bits per heavy atom. The van der Waals surface area contributed by atoms with Crippen LogP contribution in [-0.4, -0.2) is 52.5 Å². The summed E-state index contributed by atoms with van der Waals surface area (Å²) in [5.41, 5.74) is -0.126. The second kappa shape index (κ2) is 6.57. The van der Waals surface area contributed by atoms with E-state index >= 15 is 0 Å². The number of carbonyl (C=O) groups excluding carboxylic acids is 1. The Bertz CT molecular complexity index is 587. The van der Waals surface area contributed by atoms with E-state index < -0.39 is 23.8 Å². The molecule has 1 aliphatic rings. The molecule has 126 valence electrons. The number of aliphatic carboxylic acids is 1. The van der Waals surface area contributed by atoms with Crippen molar-refractivity contribution >= 4 is 11.9 Å². The maximum Gasteiger partial charge on any atom is 0.416 e. The molecule has 2 rings (SSSR count). The molecule has 0 aromatic heterocycles. The highest BCUT2D eigenvalue weighted by molar-refractivity contribution is 5.80. The van der Waals surface area contributed by atoms with E-state index in [4.69, 9.17) is 5.11 Å². The lowest BCUT2D eigenvalue weighted by molar-refractivity contribution is -0.147. The van der Waals surface area contributed by atoms with Crippen LogP contribution in [0.25, 0.3) is 0 Å². The standard InChI is InChI=1S/C15H17F3N2O3/c1-10(14(22)23)19-6-7-20(13(21)9-19)8-11-2-4-12(5-3-11)15(16,17)18/h2-5,10H,6-9H2,1H3,(H,22,23). The fourth-order valence-corrected chi connectivity index (χ4v) is 2.40. The zero-order valence-corrected chi connectivity index (χ0v) is 12.5. The van der Waals surface area contributed by atoms with E-state index in [9.17, 15) is 22.8 Å². The Morgan fingerprint density at radius 3 is 2.35 bits per heavy atom. The summed E-state index contributed by atoms with van der Waals surface area (Å²) in [6.45, 7) is 2.48. The highest BCUT2D eigenvalue weighted by Gasteiger charge is 2.31. The summed E-state index contributed by atoms with van der Waals surface area (Å²) in [5.74, 6) is -1.22. The summed E-state index contributed by atoms with van der Waals surface area (Å²) in [5, 5.41) is 8.95. The third-order valence-corrected chi connectivity index (χ3v) is 3.91. The van der Waals surface area contributed by atoms with Crippen LogP contribution in [0.1, 0.15) is 18.1 Å². The zero-order chi connectivity index (χ0) is 17.2. The molecule has 1 amide bonds. The summed E-state index contributed by atoms with van der Waals surface area (Å²) in [6.07, 6.45) is -4.38. The first kappa shape index (κ1) is 17.3. The Labute approximate surface area is 131 Å². The molecule has 0 saturated carbocycles. The number of carbonyl (C=O) groups is 2. The highest BCUT2D eigenvalue weighted by Crippen LogP contribution is 2.29. The minimum atomic E-state index is -4.38. The van der Waals surface area contributed by atoms with Crippen LogP contribution in [0.5, 0.6) is 0 Å². The molecule has 0 aliphatic carbocycles. The van der Waals surface area contributed by atoms with E-state index in [1.807, 2.05) is 0 Å². The summed E-state index contributed by atoms with van der Waals surface area (Å²) in [7, 11) is 0. The van der Waals surface area contributed by atoms with Gasteiger partial charge in [0.15, 0.2) is 0 Å². The Kier molecular flexibility index (Phi) is 4.93. The summed E-state index contributed by atoms with van der Waals surface area (Å²) < 4.78 is 37.5. The van der Waals surface area contributed by atoms with Gasteiger partial charge in [-0.25, -0.2) is 0 Å². The molecule has 0 spiro atoms.